The number of hydrogen-bond acceptors (Lipinski definition) is 2. The van der Waals surface area contributed by atoms with E-state index >= 15 is 0 Å². The Morgan fingerprint density at radius 3 is 2.67 bits per heavy atom. The van der Waals surface area contributed by atoms with Gasteiger partial charge in [0.25, 0.3) is 0 Å². The molecule has 2 aromatic carbocycles. The van der Waals surface area contributed by atoms with Crippen molar-refractivity contribution in [1.29, 1.82) is 0 Å². The van der Waals surface area contributed by atoms with E-state index in [-0.39, 0.29) is 11.7 Å². The highest BCUT2D eigenvalue weighted by Crippen LogP contribution is 2.19. The Kier molecular flexibility index (Phi) is 3.39. The van der Waals surface area contributed by atoms with E-state index < -0.39 is 6.04 Å². The monoisotopic (exact) mass is 283 g/mol. The Hall–Kier alpha value is -2.69. The molecule has 0 bridgehead atoms. The van der Waals surface area contributed by atoms with Crippen molar-refractivity contribution in [1.82, 2.24) is 9.55 Å². The number of nitrogens with one attached hydrogen (secondary N) is 1. The zero-order valence-corrected chi connectivity index (χ0v) is 11.5. The minimum Gasteiger partial charge on any atom is -0.324 e. The minimum absolute atomic E-state index is 0.176. The number of para-hydroxylation sites is 2. The summed E-state index contributed by atoms with van der Waals surface area (Å²) in [4.78, 5) is 16.6. The van der Waals surface area contributed by atoms with Gasteiger partial charge >= 0.3 is 0 Å². The van der Waals surface area contributed by atoms with Gasteiger partial charge in [0.05, 0.1) is 17.4 Å². The van der Waals surface area contributed by atoms with Crippen LogP contribution in [0.4, 0.5) is 10.1 Å². The molecule has 0 aliphatic rings. The van der Waals surface area contributed by atoms with Gasteiger partial charge in [-0.15, -0.1) is 0 Å². The van der Waals surface area contributed by atoms with Crippen molar-refractivity contribution in [2.45, 2.75) is 13.0 Å². The van der Waals surface area contributed by atoms with Crippen molar-refractivity contribution in [3.05, 3.63) is 60.7 Å². The molecule has 5 heteroatoms. The molecule has 0 radical (unpaired) electrons. The van der Waals surface area contributed by atoms with Crippen LogP contribution in [0.3, 0.4) is 0 Å². The fraction of sp³-hybridized carbons (Fsp3) is 0.125. The lowest BCUT2D eigenvalue weighted by Crippen LogP contribution is -2.23. The van der Waals surface area contributed by atoms with Gasteiger partial charge in [-0.3, -0.25) is 4.79 Å². The van der Waals surface area contributed by atoms with Crippen molar-refractivity contribution in [2.75, 3.05) is 5.32 Å². The fourth-order valence-corrected chi connectivity index (χ4v) is 2.19. The van der Waals surface area contributed by atoms with Crippen LogP contribution < -0.4 is 5.32 Å². The first-order valence-electron chi connectivity index (χ1n) is 6.63. The zero-order chi connectivity index (χ0) is 14.8. The average molecular weight is 283 g/mol. The fourth-order valence-electron chi connectivity index (χ4n) is 2.19. The van der Waals surface area contributed by atoms with Crippen LogP contribution in [0.2, 0.25) is 0 Å². The van der Waals surface area contributed by atoms with Crippen molar-refractivity contribution in [3.63, 3.8) is 0 Å². The van der Waals surface area contributed by atoms with Crippen molar-refractivity contribution < 1.29 is 9.18 Å². The van der Waals surface area contributed by atoms with Crippen molar-refractivity contribution >= 4 is 22.6 Å². The van der Waals surface area contributed by atoms with Gasteiger partial charge in [-0.2, -0.15) is 0 Å². The Labute approximate surface area is 121 Å². The summed E-state index contributed by atoms with van der Waals surface area (Å²) in [5.74, 6) is -0.508. The van der Waals surface area contributed by atoms with Crippen LogP contribution in [0.1, 0.15) is 13.0 Å². The number of anilines is 1. The summed E-state index contributed by atoms with van der Waals surface area (Å²) in [5, 5.41) is 2.77. The number of carbonyl (C=O) groups is 1. The molecule has 1 unspecified atom stereocenters. The first kappa shape index (κ1) is 13.3. The van der Waals surface area contributed by atoms with E-state index in [4.69, 9.17) is 0 Å². The molecule has 0 aliphatic heterocycles. The van der Waals surface area contributed by atoms with Crippen LogP contribution in [0.25, 0.3) is 11.0 Å². The van der Waals surface area contributed by atoms with Crippen LogP contribution in [0.5, 0.6) is 0 Å². The number of fused-ring (bicyclic) bond motifs is 1. The van der Waals surface area contributed by atoms with Crippen LogP contribution in [0.15, 0.2) is 54.9 Å². The van der Waals surface area contributed by atoms with Gasteiger partial charge in [-0.25, -0.2) is 9.37 Å². The molecule has 0 saturated carbocycles. The lowest BCUT2D eigenvalue weighted by molar-refractivity contribution is -0.118. The van der Waals surface area contributed by atoms with Crippen molar-refractivity contribution in [2.24, 2.45) is 0 Å². The number of rotatable bonds is 3. The highest BCUT2D eigenvalue weighted by Gasteiger charge is 2.17. The molecule has 3 aromatic rings. The number of halogens is 1. The maximum Gasteiger partial charge on any atom is 0.247 e. The molecular weight excluding hydrogens is 269 g/mol. The zero-order valence-electron chi connectivity index (χ0n) is 11.5. The van der Waals surface area contributed by atoms with E-state index in [1.54, 1.807) is 13.3 Å². The van der Waals surface area contributed by atoms with Gasteiger partial charge in [-0.1, -0.05) is 12.1 Å². The lowest BCUT2D eigenvalue weighted by atomic mass is 10.2. The maximum atomic E-state index is 12.9. The molecule has 3 rings (SSSR count). The summed E-state index contributed by atoms with van der Waals surface area (Å²) in [5.41, 5.74) is 2.32. The van der Waals surface area contributed by atoms with E-state index in [9.17, 15) is 9.18 Å². The molecule has 1 amide bonds. The van der Waals surface area contributed by atoms with Gasteiger partial charge in [-0.05, 0) is 43.3 Å². The number of carbonyl (C=O) groups excluding carboxylic acids is 1. The molecule has 1 aromatic heterocycles. The summed E-state index contributed by atoms with van der Waals surface area (Å²) in [6.07, 6.45) is 1.65. The second-order valence-electron chi connectivity index (χ2n) is 4.81. The molecule has 0 saturated heterocycles. The molecular formula is C16H14FN3O. The predicted octanol–water partition coefficient (Wildman–Crippen LogP) is 3.38. The molecule has 106 valence electrons. The Bertz CT molecular complexity index is 780. The van der Waals surface area contributed by atoms with Crippen LogP contribution in [-0.2, 0) is 4.79 Å². The van der Waals surface area contributed by atoms with E-state index in [1.165, 1.54) is 24.3 Å². The molecule has 4 nitrogen and oxygen atoms in total. The second kappa shape index (κ2) is 5.36. The van der Waals surface area contributed by atoms with E-state index in [2.05, 4.69) is 10.3 Å². The van der Waals surface area contributed by atoms with E-state index in [0.717, 1.165) is 11.0 Å². The molecule has 0 aliphatic carbocycles. The minimum atomic E-state index is -0.414. The number of aromatic nitrogens is 2. The first-order valence-corrected chi connectivity index (χ1v) is 6.63. The highest BCUT2D eigenvalue weighted by molar-refractivity contribution is 5.94. The summed E-state index contributed by atoms with van der Waals surface area (Å²) in [6.45, 7) is 1.80. The Morgan fingerprint density at radius 2 is 1.90 bits per heavy atom. The van der Waals surface area contributed by atoms with Crippen molar-refractivity contribution in [3.8, 4) is 0 Å². The van der Waals surface area contributed by atoms with Gasteiger partial charge in [0.1, 0.15) is 11.9 Å². The van der Waals surface area contributed by atoms with Gasteiger partial charge in [0.15, 0.2) is 0 Å². The normalized spacial score (nSPS) is 12.3. The summed E-state index contributed by atoms with van der Waals surface area (Å²) in [6, 6.07) is 12.9. The molecule has 1 atom stereocenters. The third-order valence-electron chi connectivity index (χ3n) is 3.39. The molecule has 1 heterocycles. The third-order valence-corrected chi connectivity index (χ3v) is 3.39. The second-order valence-corrected chi connectivity index (χ2v) is 4.81. The Morgan fingerprint density at radius 1 is 1.19 bits per heavy atom. The number of nitrogens with zero attached hydrogens (tertiary/aromatic N) is 2. The van der Waals surface area contributed by atoms with Gasteiger partial charge < -0.3 is 9.88 Å². The first-order chi connectivity index (χ1) is 10.1. The number of hydrogen-bond donors (Lipinski definition) is 1. The summed E-state index contributed by atoms with van der Waals surface area (Å²) in [7, 11) is 0. The van der Waals surface area contributed by atoms with Crippen LogP contribution >= 0.6 is 0 Å². The van der Waals surface area contributed by atoms with Gasteiger partial charge in [0, 0.05) is 5.69 Å². The predicted molar refractivity (Wildman–Crippen MR) is 79.5 cm³/mol. The standard InChI is InChI=1S/C16H14FN3O/c1-11(16(21)19-13-8-6-12(17)7-9-13)20-10-18-14-4-2-3-5-15(14)20/h2-11H,1H3,(H,19,21). The number of amides is 1. The van der Waals surface area contributed by atoms with Crippen LogP contribution in [0, 0.1) is 5.82 Å². The lowest BCUT2D eigenvalue weighted by Gasteiger charge is -2.14. The highest BCUT2D eigenvalue weighted by atomic mass is 19.1. The molecule has 21 heavy (non-hydrogen) atoms. The number of imidazole rings is 1. The number of benzene rings is 2. The molecule has 0 fully saturated rings. The topological polar surface area (TPSA) is 46.9 Å². The smallest absolute Gasteiger partial charge is 0.247 e. The summed E-state index contributed by atoms with van der Waals surface area (Å²) >= 11 is 0. The van der Waals surface area contributed by atoms with E-state index in [0.29, 0.717) is 5.69 Å². The average Bonchev–Trinajstić information content (AvgIpc) is 2.92. The Balaban J connectivity index is 1.82. The quantitative estimate of drug-likeness (QED) is 0.801. The largest absolute Gasteiger partial charge is 0.324 e. The van der Waals surface area contributed by atoms with E-state index in [1.807, 2.05) is 28.8 Å². The third kappa shape index (κ3) is 2.63. The molecule has 1 N–H and O–H groups in total. The summed E-state index contributed by atoms with van der Waals surface area (Å²) < 4.78 is 14.7. The maximum absolute atomic E-state index is 12.9. The molecule has 0 spiro atoms. The SMILES string of the molecule is CC(C(=O)Nc1ccc(F)cc1)n1cnc2ccccc21. The van der Waals surface area contributed by atoms with Gasteiger partial charge in [0.2, 0.25) is 5.91 Å². The van der Waals surface area contributed by atoms with Crippen LogP contribution in [-0.4, -0.2) is 15.5 Å².